The third-order valence-corrected chi connectivity index (χ3v) is 4.83. The number of allylic oxidation sites excluding steroid dienone is 2. The van der Waals surface area contributed by atoms with Gasteiger partial charge in [0, 0.05) is 11.6 Å². The van der Waals surface area contributed by atoms with Crippen molar-refractivity contribution in [3.05, 3.63) is 77.1 Å². The van der Waals surface area contributed by atoms with E-state index in [1.807, 2.05) is 12.1 Å². The van der Waals surface area contributed by atoms with Crippen molar-refractivity contribution < 1.29 is 4.39 Å². The number of fused-ring (bicyclic) bond motifs is 3. The number of rotatable bonds is 1. The van der Waals surface area contributed by atoms with Crippen LogP contribution >= 0.6 is 0 Å². The van der Waals surface area contributed by atoms with Gasteiger partial charge in [0.05, 0.1) is 6.04 Å². The fourth-order valence-corrected chi connectivity index (χ4v) is 3.78. The molecule has 2 heteroatoms. The van der Waals surface area contributed by atoms with Crippen LogP contribution in [0.2, 0.25) is 0 Å². The van der Waals surface area contributed by atoms with E-state index in [1.54, 1.807) is 12.1 Å². The molecular formula is C19H18FN. The second-order valence-corrected chi connectivity index (χ2v) is 6.07. The molecule has 1 nitrogen and oxygen atoms in total. The van der Waals surface area contributed by atoms with Crippen LogP contribution in [0.1, 0.15) is 35.1 Å². The topological polar surface area (TPSA) is 12.0 Å². The van der Waals surface area contributed by atoms with E-state index in [2.05, 4.69) is 42.6 Å². The fraction of sp³-hybridized carbons (Fsp3) is 0.263. The number of benzene rings is 2. The largest absolute Gasteiger partial charge is 0.377 e. The third-order valence-electron chi connectivity index (χ3n) is 4.83. The van der Waals surface area contributed by atoms with Gasteiger partial charge in [0.25, 0.3) is 0 Å². The number of hydrogen-bond donors (Lipinski definition) is 1. The van der Waals surface area contributed by atoms with Crippen LogP contribution < -0.4 is 5.32 Å². The molecule has 0 saturated heterocycles. The molecule has 0 spiro atoms. The van der Waals surface area contributed by atoms with E-state index in [0.717, 1.165) is 6.42 Å². The van der Waals surface area contributed by atoms with Crippen molar-refractivity contribution in [3.8, 4) is 0 Å². The van der Waals surface area contributed by atoms with Crippen molar-refractivity contribution in [3.63, 3.8) is 0 Å². The van der Waals surface area contributed by atoms with Gasteiger partial charge in [0.15, 0.2) is 0 Å². The average Bonchev–Trinajstić information content (AvgIpc) is 2.98. The second kappa shape index (κ2) is 4.73. The van der Waals surface area contributed by atoms with Gasteiger partial charge in [-0.25, -0.2) is 4.39 Å². The maximum absolute atomic E-state index is 13.2. The Bertz CT molecular complexity index is 702. The van der Waals surface area contributed by atoms with Crippen molar-refractivity contribution in [1.82, 2.24) is 0 Å². The number of halogens is 1. The second-order valence-electron chi connectivity index (χ2n) is 6.07. The lowest BCUT2D eigenvalue weighted by Crippen LogP contribution is -2.29. The highest BCUT2D eigenvalue weighted by molar-refractivity contribution is 5.63. The Morgan fingerprint density at radius 1 is 1.10 bits per heavy atom. The van der Waals surface area contributed by atoms with Crippen molar-refractivity contribution in [2.24, 2.45) is 5.92 Å². The SMILES string of the molecule is Cc1cccc2c1N[C@H](c1ccc(F)cc1)[C@@H]1CC=C[C@H]21. The summed E-state index contributed by atoms with van der Waals surface area (Å²) in [6, 6.07) is 13.7. The molecule has 3 atom stereocenters. The normalized spacial score (nSPS) is 26.1. The first-order valence-corrected chi connectivity index (χ1v) is 7.52. The van der Waals surface area contributed by atoms with Crippen LogP contribution in [0.15, 0.2) is 54.6 Å². The van der Waals surface area contributed by atoms with E-state index in [-0.39, 0.29) is 11.9 Å². The molecule has 2 aromatic rings. The summed E-state index contributed by atoms with van der Waals surface area (Å²) in [5.74, 6) is 0.813. The number of nitrogens with one attached hydrogen (secondary N) is 1. The molecule has 1 N–H and O–H groups in total. The molecule has 1 heterocycles. The Morgan fingerprint density at radius 3 is 2.71 bits per heavy atom. The Kier molecular flexibility index (Phi) is 2.85. The van der Waals surface area contributed by atoms with Crippen LogP contribution in [0.5, 0.6) is 0 Å². The zero-order chi connectivity index (χ0) is 14.4. The van der Waals surface area contributed by atoms with Gasteiger partial charge in [-0.05, 0) is 48.1 Å². The lowest BCUT2D eigenvalue weighted by atomic mass is 9.76. The van der Waals surface area contributed by atoms with Gasteiger partial charge in [-0.2, -0.15) is 0 Å². The lowest BCUT2D eigenvalue weighted by molar-refractivity contribution is 0.425. The summed E-state index contributed by atoms with van der Waals surface area (Å²) in [6.07, 6.45) is 5.69. The molecule has 0 unspecified atom stereocenters. The molecule has 1 aliphatic carbocycles. The highest BCUT2D eigenvalue weighted by Gasteiger charge is 2.38. The Balaban J connectivity index is 1.81. The molecule has 2 aliphatic rings. The van der Waals surface area contributed by atoms with Crippen LogP contribution in [0, 0.1) is 18.7 Å². The average molecular weight is 279 g/mol. The third kappa shape index (κ3) is 1.98. The number of anilines is 1. The first kappa shape index (κ1) is 12.6. The smallest absolute Gasteiger partial charge is 0.123 e. The van der Waals surface area contributed by atoms with Gasteiger partial charge in [-0.15, -0.1) is 0 Å². The first-order chi connectivity index (χ1) is 10.2. The first-order valence-electron chi connectivity index (χ1n) is 7.52. The van der Waals surface area contributed by atoms with Crippen molar-refractivity contribution in [1.29, 1.82) is 0 Å². The number of para-hydroxylation sites is 1. The van der Waals surface area contributed by atoms with Gasteiger partial charge in [-0.1, -0.05) is 42.5 Å². The minimum Gasteiger partial charge on any atom is -0.377 e. The zero-order valence-corrected chi connectivity index (χ0v) is 12.0. The van der Waals surface area contributed by atoms with Crippen LogP contribution in [-0.4, -0.2) is 0 Å². The van der Waals surface area contributed by atoms with Crippen LogP contribution in [0.25, 0.3) is 0 Å². The van der Waals surface area contributed by atoms with E-state index in [0.29, 0.717) is 11.8 Å². The van der Waals surface area contributed by atoms with Crippen molar-refractivity contribution in [2.45, 2.75) is 25.3 Å². The summed E-state index contributed by atoms with van der Waals surface area (Å²) >= 11 is 0. The summed E-state index contributed by atoms with van der Waals surface area (Å²) in [4.78, 5) is 0. The number of hydrogen-bond acceptors (Lipinski definition) is 1. The van der Waals surface area contributed by atoms with E-state index in [1.165, 1.54) is 22.4 Å². The van der Waals surface area contributed by atoms with Gasteiger partial charge in [0.1, 0.15) is 5.82 Å². The quantitative estimate of drug-likeness (QED) is 0.727. The monoisotopic (exact) mass is 279 g/mol. The maximum Gasteiger partial charge on any atom is 0.123 e. The Labute approximate surface area is 124 Å². The van der Waals surface area contributed by atoms with Gasteiger partial charge in [0.2, 0.25) is 0 Å². The molecule has 0 amide bonds. The molecule has 0 aromatic heterocycles. The van der Waals surface area contributed by atoms with Crippen LogP contribution in [0.4, 0.5) is 10.1 Å². The maximum atomic E-state index is 13.2. The highest BCUT2D eigenvalue weighted by Crippen LogP contribution is 2.50. The summed E-state index contributed by atoms with van der Waals surface area (Å²) in [7, 11) is 0. The van der Waals surface area contributed by atoms with Gasteiger partial charge in [-0.3, -0.25) is 0 Å². The minimum absolute atomic E-state index is 0.174. The molecule has 106 valence electrons. The Hall–Kier alpha value is -2.09. The molecule has 4 rings (SSSR count). The van der Waals surface area contributed by atoms with E-state index in [4.69, 9.17) is 0 Å². The standard InChI is InChI=1S/C19H18FN/c1-12-4-2-6-16-15-5-3-7-17(15)19(21-18(12)16)13-8-10-14(20)11-9-13/h2-6,8-11,15,17,19,21H,7H2,1H3/t15-,17-,19-/m1/s1. The summed E-state index contributed by atoms with van der Waals surface area (Å²) in [5, 5.41) is 3.71. The molecule has 2 aromatic carbocycles. The minimum atomic E-state index is -0.174. The fourth-order valence-electron chi connectivity index (χ4n) is 3.78. The molecule has 1 aliphatic heterocycles. The van der Waals surface area contributed by atoms with Crippen molar-refractivity contribution >= 4 is 5.69 Å². The Morgan fingerprint density at radius 2 is 1.90 bits per heavy atom. The highest BCUT2D eigenvalue weighted by atomic mass is 19.1. The summed E-state index contributed by atoms with van der Waals surface area (Å²) in [5.41, 5.74) is 5.09. The lowest BCUT2D eigenvalue weighted by Gasteiger charge is -2.38. The predicted octanol–water partition coefficient (Wildman–Crippen LogP) is 4.96. The van der Waals surface area contributed by atoms with Crippen LogP contribution in [-0.2, 0) is 0 Å². The molecule has 0 bridgehead atoms. The van der Waals surface area contributed by atoms with E-state index < -0.39 is 0 Å². The molecule has 0 saturated carbocycles. The number of aryl methyl sites for hydroxylation is 1. The van der Waals surface area contributed by atoms with Crippen molar-refractivity contribution in [2.75, 3.05) is 5.32 Å². The molecular weight excluding hydrogens is 261 g/mol. The van der Waals surface area contributed by atoms with Gasteiger partial charge < -0.3 is 5.32 Å². The summed E-state index contributed by atoms with van der Waals surface area (Å²) in [6.45, 7) is 2.15. The predicted molar refractivity (Wildman–Crippen MR) is 83.9 cm³/mol. The van der Waals surface area contributed by atoms with Crippen LogP contribution in [0.3, 0.4) is 0 Å². The van der Waals surface area contributed by atoms with Gasteiger partial charge >= 0.3 is 0 Å². The summed E-state index contributed by atoms with van der Waals surface area (Å²) < 4.78 is 13.2. The van der Waals surface area contributed by atoms with E-state index in [9.17, 15) is 4.39 Å². The molecule has 21 heavy (non-hydrogen) atoms. The molecule has 0 radical (unpaired) electrons. The van der Waals surface area contributed by atoms with E-state index >= 15 is 0 Å². The zero-order valence-electron chi connectivity index (χ0n) is 12.0. The molecule has 0 fully saturated rings.